The van der Waals surface area contributed by atoms with E-state index < -0.39 is 12.1 Å². The molecule has 0 radical (unpaired) electrons. The van der Waals surface area contributed by atoms with Gasteiger partial charge in [0.05, 0.1) is 54.6 Å². The highest BCUT2D eigenvalue weighted by Gasteiger charge is 2.68. The first-order valence-corrected chi connectivity index (χ1v) is 31.5. The Bertz CT molecular complexity index is 4140. The van der Waals surface area contributed by atoms with E-state index in [4.69, 9.17) is 0 Å². The van der Waals surface area contributed by atoms with Crippen LogP contribution in [0, 0.1) is 38.5 Å². The number of anilines is 2. The summed E-state index contributed by atoms with van der Waals surface area (Å²) in [5.74, 6) is -0.00819. The maximum absolute atomic E-state index is 14.1. The Labute approximate surface area is 534 Å². The standard InChI is InChI=1S/C30H28BrN11O3.C26H27N9O3.2C4H10/c1-16-4-5-25(31)36-28(16)37-29(45)22-9-30(15-40-7-6-35-39-40)10-24(30)42(22)26(44)14-41-23-13-34-21(19-11-32-18(3)33-12-19)8-20(23)27(38-41)17(2)43;1-15-4-5-16(2)29-24(15)30-25(38)19-10-26(14-33-9-8-28-32-33)11-21(26)35(19)22(37)13-34-20-12-27-7-6-18(20)23(31-34)17(3)36;2*1-3-4-2/h4-8,11-13,22,24H,9-10,14-15H2,1-3H3,(H,36,37,45);4-9,12,19,21H,10-11,13-14H2,1-3H3,(H,29,30,38);2*3-4H2,1-2H3/t22-,24+,30-;19-,21+,26-;;/m00../s1. The molecule has 474 valence electrons. The second-order valence-electron chi connectivity index (χ2n) is 23.9. The second-order valence-corrected chi connectivity index (χ2v) is 24.7. The largest absolute Gasteiger partial charge is 0.325 e. The van der Waals surface area contributed by atoms with Gasteiger partial charge < -0.3 is 20.4 Å². The number of aryl methyl sites for hydroxylation is 4. The smallest absolute Gasteiger partial charge is 0.248 e. The highest BCUT2D eigenvalue weighted by molar-refractivity contribution is 9.10. The van der Waals surface area contributed by atoms with Crippen LogP contribution in [-0.2, 0) is 45.4 Å². The minimum atomic E-state index is -0.736. The number of pyridine rings is 4. The number of Topliss-reactive ketones (excluding diaryl/α,β-unsaturated/α-hetero) is 2. The van der Waals surface area contributed by atoms with Crippen LogP contribution in [0.5, 0.6) is 0 Å². The lowest BCUT2D eigenvalue weighted by Gasteiger charge is -2.27. The zero-order chi connectivity index (χ0) is 64.9. The predicted molar refractivity (Wildman–Crippen MR) is 342 cm³/mol. The zero-order valence-corrected chi connectivity index (χ0v) is 54.4. The number of fused-ring (bicyclic) bond motifs is 4. The molecule has 0 unspecified atom stereocenters. The summed E-state index contributed by atoms with van der Waals surface area (Å²) in [5.41, 5.74) is 4.78. The van der Waals surface area contributed by atoms with E-state index in [-0.39, 0.29) is 76.9 Å². The highest BCUT2D eigenvalue weighted by atomic mass is 79.9. The number of amides is 4. The van der Waals surface area contributed by atoms with Gasteiger partial charge in [-0.2, -0.15) is 10.2 Å². The van der Waals surface area contributed by atoms with Crippen molar-refractivity contribution in [3.8, 4) is 11.3 Å². The molecule has 26 nitrogen and oxygen atoms in total. The van der Waals surface area contributed by atoms with E-state index in [0.29, 0.717) is 86.8 Å². The molecule has 0 aromatic carbocycles. The van der Waals surface area contributed by atoms with Crippen molar-refractivity contribution in [2.24, 2.45) is 10.8 Å². The SMILES string of the molecule is CC(=O)c1nn(CC(=O)N2[C@H](C(=O)Nc3nc(Br)ccc3C)C[C@@]3(Cn4ccnn4)C[C@@H]23)c2cnc(-c3cnc(C)nc3)cc12.CC(=O)c1nn(CC(=O)N2[C@H](C(=O)Nc3nc(C)ccc3C)C[C@@]3(Cn4ccnn4)C[C@@H]23)c2cnccc12.CCCC.CCCC. The molecule has 4 aliphatic rings. The number of nitrogens with zero attached hydrogens (tertiary/aromatic N) is 18. The third-order valence-electron chi connectivity index (χ3n) is 17.2. The number of aromatic nitrogens is 16. The minimum absolute atomic E-state index is 0.114. The van der Waals surface area contributed by atoms with Gasteiger partial charge >= 0.3 is 0 Å². The van der Waals surface area contributed by atoms with Crippen LogP contribution in [0.3, 0.4) is 0 Å². The Balaban J connectivity index is 0.000000181. The van der Waals surface area contributed by atoms with E-state index in [1.807, 2.05) is 39.0 Å². The van der Waals surface area contributed by atoms with Crippen LogP contribution in [-0.4, -0.2) is 149 Å². The van der Waals surface area contributed by atoms with E-state index in [1.54, 1.807) is 100 Å². The lowest BCUT2D eigenvalue weighted by molar-refractivity contribution is -0.138. The normalized spacial score (nSPS) is 19.9. The van der Waals surface area contributed by atoms with Gasteiger partial charge in [-0.25, -0.2) is 19.9 Å². The van der Waals surface area contributed by atoms with Crippen LogP contribution in [0.4, 0.5) is 11.6 Å². The monoisotopic (exact) mass is 1300 g/mol. The third-order valence-corrected chi connectivity index (χ3v) is 17.6. The molecule has 13 rings (SSSR count). The fraction of sp³-hybridized carbons (Fsp3) is 0.438. The highest BCUT2D eigenvalue weighted by Crippen LogP contribution is 2.62. The maximum atomic E-state index is 14.1. The van der Waals surface area contributed by atoms with Gasteiger partial charge in [-0.15, -0.1) is 10.2 Å². The number of halogens is 1. The molecule has 11 heterocycles. The van der Waals surface area contributed by atoms with Gasteiger partial charge in [0, 0.05) is 89.8 Å². The topological polar surface area (TPSA) is 307 Å². The average molecular weight is 1300 g/mol. The van der Waals surface area contributed by atoms with Crippen LogP contribution < -0.4 is 10.6 Å². The molecular formula is C64H75BrN20O6. The molecule has 4 fully saturated rings. The molecule has 9 aromatic rings. The lowest BCUT2D eigenvalue weighted by Crippen LogP contribution is -2.47. The van der Waals surface area contributed by atoms with Crippen LogP contribution in [0.2, 0.25) is 0 Å². The van der Waals surface area contributed by atoms with Crippen molar-refractivity contribution in [1.29, 1.82) is 0 Å². The van der Waals surface area contributed by atoms with Gasteiger partial charge in [-0.1, -0.05) is 75.9 Å². The van der Waals surface area contributed by atoms with Crippen molar-refractivity contribution >= 4 is 84.6 Å². The van der Waals surface area contributed by atoms with Gasteiger partial charge in [0.1, 0.15) is 58.6 Å². The van der Waals surface area contributed by atoms with E-state index in [2.05, 4.69) is 115 Å². The minimum Gasteiger partial charge on any atom is -0.325 e. The Hall–Kier alpha value is -9.40. The van der Waals surface area contributed by atoms with E-state index >= 15 is 0 Å². The van der Waals surface area contributed by atoms with Crippen molar-refractivity contribution in [2.45, 2.75) is 171 Å². The number of ketones is 2. The second kappa shape index (κ2) is 27.4. The summed E-state index contributed by atoms with van der Waals surface area (Å²) in [6, 6.07) is 9.23. The van der Waals surface area contributed by atoms with Gasteiger partial charge in [0.15, 0.2) is 11.6 Å². The number of rotatable bonds is 17. The van der Waals surface area contributed by atoms with Gasteiger partial charge in [0.2, 0.25) is 23.6 Å². The molecule has 0 bridgehead atoms. The number of hydrogen-bond donors (Lipinski definition) is 2. The van der Waals surface area contributed by atoms with Crippen molar-refractivity contribution < 1.29 is 28.8 Å². The van der Waals surface area contributed by atoms with E-state index in [0.717, 1.165) is 29.7 Å². The predicted octanol–water partition coefficient (Wildman–Crippen LogP) is 8.70. The Morgan fingerprint density at radius 2 is 1.08 bits per heavy atom. The molecule has 2 saturated heterocycles. The fourth-order valence-electron chi connectivity index (χ4n) is 11.9. The van der Waals surface area contributed by atoms with Crippen molar-refractivity contribution in [3.05, 3.63) is 131 Å². The number of hydrogen-bond acceptors (Lipinski definition) is 18. The first kappa shape index (κ1) is 64.6. The molecule has 6 atom stereocenters. The summed E-state index contributed by atoms with van der Waals surface area (Å²) in [6.45, 7) is 19.8. The number of carbonyl (C=O) groups excluding carboxylic acids is 6. The first-order chi connectivity index (χ1) is 43.7. The fourth-order valence-corrected chi connectivity index (χ4v) is 12.2. The lowest BCUT2D eigenvalue weighted by atomic mass is 9.99. The average Bonchev–Trinajstić information content (AvgIpc) is 1.54. The molecule has 0 spiro atoms. The molecule has 9 aromatic heterocycles. The Morgan fingerprint density at radius 3 is 1.57 bits per heavy atom. The zero-order valence-electron chi connectivity index (χ0n) is 52.8. The van der Waals surface area contributed by atoms with E-state index in [9.17, 15) is 28.8 Å². The molecule has 2 saturated carbocycles. The Kier molecular flexibility index (Phi) is 19.4. The maximum Gasteiger partial charge on any atom is 0.248 e. The van der Waals surface area contributed by atoms with Crippen molar-refractivity contribution in [2.75, 3.05) is 10.6 Å². The quantitative estimate of drug-likeness (QED) is 0.0636. The molecule has 2 N–H and O–H groups in total. The third kappa shape index (κ3) is 14.0. The molecule has 2 aliphatic heterocycles. The molecule has 91 heavy (non-hydrogen) atoms. The van der Waals surface area contributed by atoms with Crippen LogP contribution in [0.25, 0.3) is 33.1 Å². The summed E-state index contributed by atoms with van der Waals surface area (Å²) >= 11 is 3.37. The summed E-state index contributed by atoms with van der Waals surface area (Å²) < 4.78 is 7.08. The van der Waals surface area contributed by atoms with Crippen LogP contribution >= 0.6 is 15.9 Å². The summed E-state index contributed by atoms with van der Waals surface area (Å²) in [7, 11) is 0. The molecule has 2 aliphatic carbocycles. The number of carbonyl (C=O) groups is 6. The molecule has 4 amide bonds. The van der Waals surface area contributed by atoms with Gasteiger partial charge in [0.25, 0.3) is 0 Å². The van der Waals surface area contributed by atoms with Crippen LogP contribution in [0.1, 0.15) is 137 Å². The van der Waals surface area contributed by atoms with E-state index in [1.165, 1.54) is 48.9 Å². The number of likely N-dealkylation sites (tertiary alicyclic amines) is 2. The molecule has 27 heteroatoms. The van der Waals surface area contributed by atoms with Crippen molar-refractivity contribution in [1.82, 2.24) is 89.3 Å². The van der Waals surface area contributed by atoms with Gasteiger partial charge in [-0.05, 0) is 105 Å². The van der Waals surface area contributed by atoms with Crippen LogP contribution in [0.15, 0.2) is 96.8 Å². The number of unbranched alkanes of at least 4 members (excludes halogenated alkanes) is 2. The Morgan fingerprint density at radius 1 is 0.582 bits per heavy atom. The summed E-state index contributed by atoms with van der Waals surface area (Å²) in [6.07, 6.45) is 22.7. The number of piperidine rings is 2. The summed E-state index contributed by atoms with van der Waals surface area (Å²) in [5, 5.41) is 32.1. The first-order valence-electron chi connectivity index (χ1n) is 30.7. The van der Waals surface area contributed by atoms with Gasteiger partial charge in [-0.3, -0.25) is 57.5 Å². The summed E-state index contributed by atoms with van der Waals surface area (Å²) in [4.78, 5) is 110. The molecular weight excluding hydrogens is 1220 g/mol. The van der Waals surface area contributed by atoms with Crippen molar-refractivity contribution in [3.63, 3.8) is 0 Å². The number of nitrogens with one attached hydrogen (secondary N) is 2.